The number of rotatable bonds is 11. The molecule has 2 atom stereocenters. The predicted molar refractivity (Wildman–Crippen MR) is 95.8 cm³/mol. The average molecular weight is 364 g/mol. The normalized spacial score (nSPS) is 14.2. The first kappa shape index (κ1) is 21.3. The van der Waals surface area contributed by atoms with Crippen molar-refractivity contribution in [2.75, 3.05) is 0 Å². The van der Waals surface area contributed by atoms with Gasteiger partial charge in [-0.3, -0.25) is 20.2 Å². The van der Waals surface area contributed by atoms with Crippen LogP contribution in [0.25, 0.3) is 0 Å². The van der Waals surface area contributed by atoms with Crippen molar-refractivity contribution in [1.29, 1.82) is 0 Å². The molecule has 0 amide bonds. The first-order valence-corrected chi connectivity index (χ1v) is 8.58. The van der Waals surface area contributed by atoms with E-state index in [0.717, 1.165) is 12.8 Å². The Morgan fingerprint density at radius 1 is 1.15 bits per heavy atom. The summed E-state index contributed by atoms with van der Waals surface area (Å²) in [6, 6.07) is 5.64. The summed E-state index contributed by atoms with van der Waals surface area (Å²) in [5.41, 5.74) is -1.27. The van der Waals surface area contributed by atoms with Gasteiger partial charge in [0.2, 0.25) is 0 Å². The summed E-state index contributed by atoms with van der Waals surface area (Å²) in [5, 5.41) is 32.5. The molecule has 0 aromatic heterocycles. The highest BCUT2D eigenvalue weighted by molar-refractivity contribution is 5.87. The molecule has 2 unspecified atom stereocenters. The first-order chi connectivity index (χ1) is 12.3. The van der Waals surface area contributed by atoms with E-state index in [1.807, 2.05) is 13.8 Å². The van der Waals surface area contributed by atoms with Gasteiger partial charge in [-0.15, -0.1) is 0 Å². The van der Waals surface area contributed by atoms with Crippen LogP contribution >= 0.6 is 0 Å². The van der Waals surface area contributed by atoms with Gasteiger partial charge >= 0.3 is 17.7 Å². The molecule has 0 radical (unpaired) electrons. The molecule has 0 saturated carbocycles. The molecule has 0 aliphatic heterocycles. The van der Waals surface area contributed by atoms with E-state index in [4.69, 9.17) is 0 Å². The Labute approximate surface area is 151 Å². The highest BCUT2D eigenvalue weighted by Gasteiger charge is 2.41. The van der Waals surface area contributed by atoms with Gasteiger partial charge in [0.05, 0.1) is 4.92 Å². The van der Waals surface area contributed by atoms with Gasteiger partial charge in [-0.1, -0.05) is 63.4 Å². The SMILES string of the molecule is CCCC(C)CCC/C(C(=O)O)=C(\C(c1ccccc1)[N+](=O)[O-])[N+](=O)[O-]. The third-order valence-corrected chi connectivity index (χ3v) is 4.25. The molecule has 0 heterocycles. The maximum Gasteiger partial charge on any atom is 0.338 e. The quantitative estimate of drug-likeness (QED) is 0.356. The molecule has 8 heteroatoms. The second-order valence-corrected chi connectivity index (χ2v) is 6.31. The van der Waals surface area contributed by atoms with Gasteiger partial charge in [0.15, 0.2) is 0 Å². The number of hydrogen-bond acceptors (Lipinski definition) is 5. The zero-order valence-corrected chi connectivity index (χ0v) is 15.0. The summed E-state index contributed by atoms with van der Waals surface area (Å²) in [5.74, 6) is -1.11. The Morgan fingerprint density at radius 3 is 2.23 bits per heavy atom. The van der Waals surface area contributed by atoms with Gasteiger partial charge in [0, 0.05) is 10.5 Å². The minimum Gasteiger partial charge on any atom is -0.478 e. The van der Waals surface area contributed by atoms with Crippen LogP contribution < -0.4 is 0 Å². The lowest BCUT2D eigenvalue weighted by atomic mass is 9.94. The number of carboxylic acids is 1. The van der Waals surface area contributed by atoms with E-state index in [1.165, 1.54) is 24.3 Å². The smallest absolute Gasteiger partial charge is 0.338 e. The van der Waals surface area contributed by atoms with Crippen LogP contribution in [-0.2, 0) is 4.79 Å². The molecule has 0 bridgehead atoms. The lowest BCUT2D eigenvalue weighted by Crippen LogP contribution is -2.23. The summed E-state index contributed by atoms with van der Waals surface area (Å²) in [7, 11) is 0. The maximum atomic E-state index is 11.6. The van der Waals surface area contributed by atoms with Crippen LogP contribution in [0.2, 0.25) is 0 Å². The molecule has 0 aliphatic rings. The van der Waals surface area contributed by atoms with Gasteiger partial charge in [-0.25, -0.2) is 4.79 Å². The standard InChI is InChI=1S/C18H24N2O6/c1-3-8-13(2)9-7-12-15(18(21)22)17(20(25)26)16(19(23)24)14-10-5-4-6-11-14/h4-6,10-11,13,16H,3,7-9,12H2,1-2H3,(H,21,22)/b17-15-. The predicted octanol–water partition coefficient (Wildman–Crippen LogP) is 4.23. The maximum absolute atomic E-state index is 11.6. The van der Waals surface area contributed by atoms with Crippen LogP contribution in [-0.4, -0.2) is 20.9 Å². The number of carbonyl (C=O) groups is 1. The topological polar surface area (TPSA) is 124 Å². The number of aliphatic carboxylic acids is 1. The van der Waals surface area contributed by atoms with E-state index in [9.17, 15) is 30.1 Å². The molecular weight excluding hydrogens is 340 g/mol. The number of nitro groups is 2. The van der Waals surface area contributed by atoms with Crippen molar-refractivity contribution in [2.45, 2.75) is 52.0 Å². The number of benzene rings is 1. The molecule has 1 rings (SSSR count). The van der Waals surface area contributed by atoms with Crippen molar-refractivity contribution in [2.24, 2.45) is 5.92 Å². The Kier molecular flexibility index (Phi) is 8.41. The minimum absolute atomic E-state index is 0.0725. The molecule has 1 aromatic carbocycles. The van der Waals surface area contributed by atoms with Gasteiger partial charge in [0.1, 0.15) is 5.57 Å². The van der Waals surface area contributed by atoms with Crippen LogP contribution in [0.4, 0.5) is 0 Å². The summed E-state index contributed by atoms with van der Waals surface area (Å²) < 4.78 is 0. The molecule has 0 fully saturated rings. The molecule has 26 heavy (non-hydrogen) atoms. The van der Waals surface area contributed by atoms with Crippen LogP contribution in [0.5, 0.6) is 0 Å². The van der Waals surface area contributed by atoms with Crippen molar-refractivity contribution < 1.29 is 19.7 Å². The van der Waals surface area contributed by atoms with Crippen molar-refractivity contribution in [3.63, 3.8) is 0 Å². The fourth-order valence-corrected chi connectivity index (χ4v) is 3.00. The molecule has 1 N–H and O–H groups in total. The Hall–Kier alpha value is -2.77. The first-order valence-electron chi connectivity index (χ1n) is 8.58. The van der Waals surface area contributed by atoms with E-state index in [2.05, 4.69) is 0 Å². The average Bonchev–Trinajstić information content (AvgIpc) is 2.57. The number of hydrogen-bond donors (Lipinski definition) is 1. The largest absolute Gasteiger partial charge is 0.478 e. The lowest BCUT2D eigenvalue weighted by Gasteiger charge is -2.12. The molecule has 8 nitrogen and oxygen atoms in total. The van der Waals surface area contributed by atoms with E-state index in [0.29, 0.717) is 18.8 Å². The van der Waals surface area contributed by atoms with Gasteiger partial charge < -0.3 is 5.11 Å². The molecule has 142 valence electrons. The second-order valence-electron chi connectivity index (χ2n) is 6.31. The molecular formula is C18H24N2O6. The minimum atomic E-state index is -1.81. The number of nitrogens with zero attached hydrogens (tertiary/aromatic N) is 2. The monoisotopic (exact) mass is 364 g/mol. The Morgan fingerprint density at radius 2 is 1.77 bits per heavy atom. The Bertz CT molecular complexity index is 672. The van der Waals surface area contributed by atoms with E-state index in [-0.39, 0.29) is 12.0 Å². The van der Waals surface area contributed by atoms with Crippen LogP contribution in [0.1, 0.15) is 57.6 Å². The van der Waals surface area contributed by atoms with Gasteiger partial charge in [0.25, 0.3) is 0 Å². The summed E-state index contributed by atoms with van der Waals surface area (Å²) in [6.45, 7) is 4.08. The fourth-order valence-electron chi connectivity index (χ4n) is 3.00. The fraction of sp³-hybridized carbons (Fsp3) is 0.500. The van der Waals surface area contributed by atoms with E-state index >= 15 is 0 Å². The van der Waals surface area contributed by atoms with E-state index in [1.54, 1.807) is 6.07 Å². The molecule has 0 aliphatic carbocycles. The van der Waals surface area contributed by atoms with Crippen LogP contribution in [0.15, 0.2) is 41.6 Å². The highest BCUT2D eigenvalue weighted by Crippen LogP contribution is 2.30. The summed E-state index contributed by atoms with van der Waals surface area (Å²) in [6.07, 6.45) is 3.05. The third kappa shape index (κ3) is 5.94. The second kappa shape index (κ2) is 10.3. The lowest BCUT2D eigenvalue weighted by molar-refractivity contribution is -0.561. The molecule has 0 spiro atoms. The van der Waals surface area contributed by atoms with Crippen molar-refractivity contribution in [3.05, 3.63) is 67.4 Å². The summed E-state index contributed by atoms with van der Waals surface area (Å²) >= 11 is 0. The van der Waals surface area contributed by atoms with Crippen LogP contribution in [0.3, 0.4) is 0 Å². The van der Waals surface area contributed by atoms with Crippen molar-refractivity contribution in [1.82, 2.24) is 0 Å². The van der Waals surface area contributed by atoms with Gasteiger partial charge in [-0.2, -0.15) is 0 Å². The van der Waals surface area contributed by atoms with Crippen molar-refractivity contribution >= 4 is 5.97 Å². The number of carboxylic acid groups (broad SMARTS) is 1. The third-order valence-electron chi connectivity index (χ3n) is 4.25. The highest BCUT2D eigenvalue weighted by atomic mass is 16.6. The zero-order valence-electron chi connectivity index (χ0n) is 15.0. The zero-order chi connectivity index (χ0) is 19.7. The van der Waals surface area contributed by atoms with Crippen molar-refractivity contribution in [3.8, 4) is 0 Å². The molecule has 1 aromatic rings. The van der Waals surface area contributed by atoms with E-state index < -0.39 is 33.1 Å². The molecule has 0 saturated heterocycles. The summed E-state index contributed by atoms with van der Waals surface area (Å²) in [4.78, 5) is 32.9. The Balaban J connectivity index is 3.25. The van der Waals surface area contributed by atoms with Gasteiger partial charge in [-0.05, 0) is 18.8 Å². The van der Waals surface area contributed by atoms with Crippen LogP contribution in [0, 0.1) is 26.1 Å².